The predicted octanol–water partition coefficient (Wildman–Crippen LogP) is 4.02. The Morgan fingerprint density at radius 1 is 1.03 bits per heavy atom. The third-order valence-electron chi connectivity index (χ3n) is 4.76. The number of rotatable bonds is 10. The molecule has 2 amide bonds. The lowest BCUT2D eigenvalue weighted by molar-refractivity contribution is -0.143. The Balaban J connectivity index is 2.17. The van der Waals surface area contributed by atoms with Crippen LogP contribution in [-0.4, -0.2) is 35.9 Å². The summed E-state index contributed by atoms with van der Waals surface area (Å²) in [5, 5.41) is 2.92. The molecular formula is C24H32N2O3. The summed E-state index contributed by atoms with van der Waals surface area (Å²) in [6, 6.07) is 15.1. The first-order valence-electron chi connectivity index (χ1n) is 10.3. The predicted molar refractivity (Wildman–Crippen MR) is 116 cm³/mol. The zero-order chi connectivity index (χ0) is 21.2. The van der Waals surface area contributed by atoms with E-state index >= 15 is 0 Å². The van der Waals surface area contributed by atoms with Gasteiger partial charge in [0.2, 0.25) is 5.91 Å². The van der Waals surface area contributed by atoms with Crippen molar-refractivity contribution in [3.8, 4) is 5.75 Å². The topological polar surface area (TPSA) is 58.6 Å². The SMILES string of the molecule is CCCNC(=O)[C@@H](CC)N(Cc1ccc(C)cc1)C(=O)COc1cccc(C)c1. The molecule has 5 nitrogen and oxygen atoms in total. The van der Waals surface area contributed by atoms with E-state index in [9.17, 15) is 9.59 Å². The average molecular weight is 397 g/mol. The van der Waals surface area contributed by atoms with Gasteiger partial charge in [-0.25, -0.2) is 0 Å². The zero-order valence-corrected chi connectivity index (χ0v) is 17.9. The van der Waals surface area contributed by atoms with E-state index in [0.29, 0.717) is 25.3 Å². The van der Waals surface area contributed by atoms with Gasteiger partial charge in [-0.2, -0.15) is 0 Å². The molecule has 0 unspecified atom stereocenters. The Morgan fingerprint density at radius 3 is 2.38 bits per heavy atom. The zero-order valence-electron chi connectivity index (χ0n) is 17.9. The monoisotopic (exact) mass is 396 g/mol. The molecule has 2 rings (SSSR count). The van der Waals surface area contributed by atoms with Gasteiger partial charge in [-0.05, 0) is 49.9 Å². The molecule has 2 aromatic rings. The maximum atomic E-state index is 13.1. The average Bonchev–Trinajstić information content (AvgIpc) is 2.71. The Bertz CT molecular complexity index is 802. The van der Waals surface area contributed by atoms with E-state index in [1.807, 2.05) is 76.2 Å². The fourth-order valence-electron chi connectivity index (χ4n) is 3.11. The van der Waals surface area contributed by atoms with Crippen LogP contribution in [0.2, 0.25) is 0 Å². The van der Waals surface area contributed by atoms with Crippen LogP contribution in [0.3, 0.4) is 0 Å². The number of ether oxygens (including phenoxy) is 1. The molecule has 5 heteroatoms. The molecule has 2 aromatic carbocycles. The molecule has 0 fully saturated rings. The van der Waals surface area contributed by atoms with Crippen LogP contribution in [0.5, 0.6) is 5.75 Å². The number of aryl methyl sites for hydroxylation is 2. The van der Waals surface area contributed by atoms with Crippen LogP contribution >= 0.6 is 0 Å². The van der Waals surface area contributed by atoms with Gasteiger partial charge < -0.3 is 15.0 Å². The van der Waals surface area contributed by atoms with Gasteiger partial charge in [0.25, 0.3) is 5.91 Å². The third kappa shape index (κ3) is 6.93. The Hall–Kier alpha value is -2.82. The molecule has 1 N–H and O–H groups in total. The first-order valence-corrected chi connectivity index (χ1v) is 10.3. The van der Waals surface area contributed by atoms with Crippen molar-refractivity contribution in [3.05, 3.63) is 65.2 Å². The molecule has 0 heterocycles. The second-order valence-electron chi connectivity index (χ2n) is 7.33. The molecule has 29 heavy (non-hydrogen) atoms. The molecule has 0 spiro atoms. The van der Waals surface area contributed by atoms with Crippen LogP contribution in [0.15, 0.2) is 48.5 Å². The Labute approximate surface area is 174 Å². The summed E-state index contributed by atoms with van der Waals surface area (Å²) in [5.74, 6) is 0.327. The van der Waals surface area contributed by atoms with Gasteiger partial charge in [-0.15, -0.1) is 0 Å². The molecule has 1 atom stereocenters. The van der Waals surface area contributed by atoms with Crippen molar-refractivity contribution in [2.75, 3.05) is 13.2 Å². The summed E-state index contributed by atoms with van der Waals surface area (Å²) in [7, 11) is 0. The van der Waals surface area contributed by atoms with E-state index in [1.54, 1.807) is 4.90 Å². The first kappa shape index (κ1) is 22.5. The minimum absolute atomic E-state index is 0.104. The lowest BCUT2D eigenvalue weighted by Gasteiger charge is -2.30. The number of nitrogens with zero attached hydrogens (tertiary/aromatic N) is 1. The quantitative estimate of drug-likeness (QED) is 0.660. The van der Waals surface area contributed by atoms with Crippen LogP contribution in [0.1, 0.15) is 43.4 Å². The highest BCUT2D eigenvalue weighted by molar-refractivity contribution is 5.88. The minimum atomic E-state index is -0.531. The molecule has 0 radical (unpaired) electrons. The second kappa shape index (κ2) is 11.2. The van der Waals surface area contributed by atoms with E-state index in [2.05, 4.69) is 5.32 Å². The molecule has 0 saturated carbocycles. The van der Waals surface area contributed by atoms with Crippen molar-refractivity contribution in [1.29, 1.82) is 0 Å². The molecule has 0 saturated heterocycles. The molecule has 0 aliphatic rings. The maximum Gasteiger partial charge on any atom is 0.261 e. The van der Waals surface area contributed by atoms with Crippen LogP contribution in [-0.2, 0) is 16.1 Å². The van der Waals surface area contributed by atoms with Crippen molar-refractivity contribution in [1.82, 2.24) is 10.2 Å². The van der Waals surface area contributed by atoms with Crippen LogP contribution in [0, 0.1) is 13.8 Å². The summed E-state index contributed by atoms with van der Waals surface area (Å²) in [6.45, 7) is 8.79. The van der Waals surface area contributed by atoms with Gasteiger partial charge in [-0.3, -0.25) is 9.59 Å². The molecule has 156 valence electrons. The van der Waals surface area contributed by atoms with E-state index in [4.69, 9.17) is 4.74 Å². The van der Waals surface area contributed by atoms with Crippen molar-refractivity contribution in [3.63, 3.8) is 0 Å². The number of nitrogens with one attached hydrogen (secondary N) is 1. The summed E-state index contributed by atoms with van der Waals surface area (Å²) in [6.07, 6.45) is 1.39. The lowest BCUT2D eigenvalue weighted by atomic mass is 10.1. The van der Waals surface area contributed by atoms with Crippen molar-refractivity contribution in [2.45, 2.75) is 53.1 Å². The van der Waals surface area contributed by atoms with E-state index in [0.717, 1.165) is 23.1 Å². The van der Waals surface area contributed by atoms with Crippen LogP contribution in [0.4, 0.5) is 0 Å². The van der Waals surface area contributed by atoms with E-state index in [-0.39, 0.29) is 18.4 Å². The Kier molecular flexibility index (Phi) is 8.71. The maximum absolute atomic E-state index is 13.1. The smallest absolute Gasteiger partial charge is 0.261 e. The van der Waals surface area contributed by atoms with Gasteiger partial charge in [0.15, 0.2) is 6.61 Å². The summed E-state index contributed by atoms with van der Waals surface area (Å²) < 4.78 is 5.72. The van der Waals surface area contributed by atoms with E-state index in [1.165, 1.54) is 0 Å². The van der Waals surface area contributed by atoms with Crippen LogP contribution in [0.25, 0.3) is 0 Å². The summed E-state index contributed by atoms with van der Waals surface area (Å²) in [5.41, 5.74) is 3.21. The highest BCUT2D eigenvalue weighted by atomic mass is 16.5. The molecular weight excluding hydrogens is 364 g/mol. The van der Waals surface area contributed by atoms with Gasteiger partial charge in [0, 0.05) is 13.1 Å². The highest BCUT2D eigenvalue weighted by Gasteiger charge is 2.28. The first-order chi connectivity index (χ1) is 13.9. The number of carbonyl (C=O) groups excluding carboxylic acids is 2. The highest BCUT2D eigenvalue weighted by Crippen LogP contribution is 2.16. The van der Waals surface area contributed by atoms with Crippen molar-refractivity contribution < 1.29 is 14.3 Å². The minimum Gasteiger partial charge on any atom is -0.484 e. The van der Waals surface area contributed by atoms with Crippen molar-refractivity contribution in [2.24, 2.45) is 0 Å². The van der Waals surface area contributed by atoms with Gasteiger partial charge in [0.05, 0.1) is 0 Å². The van der Waals surface area contributed by atoms with Crippen molar-refractivity contribution >= 4 is 11.8 Å². The number of hydrogen-bond donors (Lipinski definition) is 1. The fraction of sp³-hybridized carbons (Fsp3) is 0.417. The summed E-state index contributed by atoms with van der Waals surface area (Å²) in [4.78, 5) is 27.4. The van der Waals surface area contributed by atoms with Gasteiger partial charge >= 0.3 is 0 Å². The standard InChI is InChI=1S/C24H32N2O3/c1-5-14-25-24(28)22(6-2)26(16-20-12-10-18(3)11-13-20)23(27)17-29-21-9-7-8-19(4)15-21/h7-13,15,22H,5-6,14,16-17H2,1-4H3,(H,25,28)/t22-/m1/s1. The summed E-state index contributed by atoms with van der Waals surface area (Å²) >= 11 is 0. The van der Waals surface area contributed by atoms with Gasteiger partial charge in [-0.1, -0.05) is 55.8 Å². The number of benzene rings is 2. The molecule has 0 aliphatic carbocycles. The fourth-order valence-corrected chi connectivity index (χ4v) is 3.11. The normalized spacial score (nSPS) is 11.6. The third-order valence-corrected chi connectivity index (χ3v) is 4.76. The molecule has 0 bridgehead atoms. The second-order valence-corrected chi connectivity index (χ2v) is 7.33. The largest absolute Gasteiger partial charge is 0.484 e. The Morgan fingerprint density at radius 2 is 1.76 bits per heavy atom. The van der Waals surface area contributed by atoms with E-state index < -0.39 is 6.04 Å². The number of amides is 2. The number of hydrogen-bond acceptors (Lipinski definition) is 3. The van der Waals surface area contributed by atoms with Gasteiger partial charge in [0.1, 0.15) is 11.8 Å². The molecule has 0 aliphatic heterocycles. The lowest BCUT2D eigenvalue weighted by Crippen LogP contribution is -2.50. The number of carbonyl (C=O) groups is 2. The molecule has 0 aromatic heterocycles. The van der Waals surface area contributed by atoms with Crippen LogP contribution < -0.4 is 10.1 Å².